The second kappa shape index (κ2) is 3.98. The lowest BCUT2D eigenvalue weighted by molar-refractivity contribution is 0.518. The standard InChI is InChI=1S/C9H13NO/c1-2-8(7-10)6-9-4-3-5-11-9/h2-5H,6-7,10H2,1H3/b8-2-. The average Bonchev–Trinajstić information content (AvgIpc) is 2.52. The van der Waals surface area contributed by atoms with E-state index in [1.54, 1.807) is 6.26 Å². The van der Waals surface area contributed by atoms with Crippen LogP contribution in [0.4, 0.5) is 0 Å². The number of allylic oxidation sites excluding steroid dienone is 1. The molecule has 0 spiro atoms. The maximum absolute atomic E-state index is 5.49. The molecule has 0 aliphatic carbocycles. The van der Waals surface area contributed by atoms with Gasteiger partial charge in [0.15, 0.2) is 0 Å². The van der Waals surface area contributed by atoms with Gasteiger partial charge < -0.3 is 10.2 Å². The Morgan fingerprint density at radius 3 is 3.00 bits per heavy atom. The van der Waals surface area contributed by atoms with Gasteiger partial charge in [-0.25, -0.2) is 0 Å². The van der Waals surface area contributed by atoms with Gasteiger partial charge in [0.2, 0.25) is 0 Å². The first-order valence-electron chi connectivity index (χ1n) is 3.73. The number of rotatable bonds is 3. The van der Waals surface area contributed by atoms with Crippen LogP contribution in [0.25, 0.3) is 0 Å². The summed E-state index contributed by atoms with van der Waals surface area (Å²) >= 11 is 0. The Kier molecular flexibility index (Phi) is 2.93. The van der Waals surface area contributed by atoms with Crippen LogP contribution in [0.2, 0.25) is 0 Å². The lowest BCUT2D eigenvalue weighted by atomic mass is 10.1. The summed E-state index contributed by atoms with van der Waals surface area (Å²) in [4.78, 5) is 0. The van der Waals surface area contributed by atoms with Gasteiger partial charge in [0.05, 0.1) is 6.26 Å². The van der Waals surface area contributed by atoms with Crippen molar-refractivity contribution < 1.29 is 4.42 Å². The number of furan rings is 1. The highest BCUT2D eigenvalue weighted by molar-refractivity contribution is 5.12. The van der Waals surface area contributed by atoms with Gasteiger partial charge in [-0.05, 0) is 19.1 Å². The Labute approximate surface area is 66.7 Å². The second-order valence-corrected chi connectivity index (χ2v) is 2.41. The summed E-state index contributed by atoms with van der Waals surface area (Å²) in [7, 11) is 0. The molecular formula is C9H13NO. The van der Waals surface area contributed by atoms with Crippen LogP contribution >= 0.6 is 0 Å². The molecule has 0 bridgehead atoms. The number of nitrogens with two attached hydrogens (primary N) is 1. The third-order valence-electron chi connectivity index (χ3n) is 1.65. The molecule has 0 saturated heterocycles. The molecule has 2 N–H and O–H groups in total. The van der Waals surface area contributed by atoms with Gasteiger partial charge in [-0.15, -0.1) is 0 Å². The number of hydrogen-bond donors (Lipinski definition) is 1. The first kappa shape index (κ1) is 8.08. The van der Waals surface area contributed by atoms with Gasteiger partial charge in [-0.2, -0.15) is 0 Å². The van der Waals surface area contributed by atoms with Gasteiger partial charge in [0, 0.05) is 13.0 Å². The Balaban J connectivity index is 2.55. The molecule has 0 aliphatic rings. The van der Waals surface area contributed by atoms with Gasteiger partial charge in [0.1, 0.15) is 5.76 Å². The molecule has 11 heavy (non-hydrogen) atoms. The quantitative estimate of drug-likeness (QED) is 0.668. The minimum atomic E-state index is 0.608. The van der Waals surface area contributed by atoms with E-state index in [2.05, 4.69) is 0 Å². The summed E-state index contributed by atoms with van der Waals surface area (Å²) in [6, 6.07) is 3.85. The highest BCUT2D eigenvalue weighted by atomic mass is 16.3. The minimum Gasteiger partial charge on any atom is -0.469 e. The molecule has 0 unspecified atom stereocenters. The summed E-state index contributed by atoms with van der Waals surface area (Å²) in [5.74, 6) is 0.976. The summed E-state index contributed by atoms with van der Waals surface area (Å²) < 4.78 is 5.17. The molecular weight excluding hydrogens is 138 g/mol. The minimum absolute atomic E-state index is 0.608. The summed E-state index contributed by atoms with van der Waals surface area (Å²) in [5, 5.41) is 0. The molecule has 0 amide bonds. The Hall–Kier alpha value is -1.02. The van der Waals surface area contributed by atoms with E-state index in [4.69, 9.17) is 10.2 Å². The second-order valence-electron chi connectivity index (χ2n) is 2.41. The third kappa shape index (κ3) is 2.24. The lowest BCUT2D eigenvalue weighted by Crippen LogP contribution is -2.04. The van der Waals surface area contributed by atoms with Gasteiger partial charge >= 0.3 is 0 Å². The van der Waals surface area contributed by atoms with Crippen molar-refractivity contribution in [3.63, 3.8) is 0 Å². The fourth-order valence-electron chi connectivity index (χ4n) is 0.929. The molecule has 1 heterocycles. The van der Waals surface area contributed by atoms with E-state index >= 15 is 0 Å². The zero-order chi connectivity index (χ0) is 8.10. The first-order chi connectivity index (χ1) is 5.36. The molecule has 0 saturated carbocycles. The monoisotopic (exact) mass is 151 g/mol. The van der Waals surface area contributed by atoms with Crippen LogP contribution < -0.4 is 5.73 Å². The zero-order valence-corrected chi connectivity index (χ0v) is 6.71. The van der Waals surface area contributed by atoms with E-state index in [0.717, 1.165) is 12.2 Å². The van der Waals surface area contributed by atoms with Crippen molar-refractivity contribution in [1.82, 2.24) is 0 Å². The predicted molar refractivity (Wildman–Crippen MR) is 45.2 cm³/mol. The van der Waals surface area contributed by atoms with Gasteiger partial charge in [-0.1, -0.05) is 11.6 Å². The summed E-state index contributed by atoms with van der Waals surface area (Å²) in [6.45, 7) is 2.60. The zero-order valence-electron chi connectivity index (χ0n) is 6.71. The largest absolute Gasteiger partial charge is 0.469 e. The maximum Gasteiger partial charge on any atom is 0.107 e. The van der Waals surface area contributed by atoms with E-state index in [9.17, 15) is 0 Å². The molecule has 0 atom stereocenters. The molecule has 2 nitrogen and oxygen atoms in total. The normalized spacial score (nSPS) is 12.0. The van der Waals surface area contributed by atoms with Crippen molar-refractivity contribution >= 4 is 0 Å². The van der Waals surface area contributed by atoms with E-state index in [0.29, 0.717) is 6.54 Å². The summed E-state index contributed by atoms with van der Waals surface area (Å²) in [6.07, 6.45) is 4.54. The van der Waals surface area contributed by atoms with Crippen molar-refractivity contribution in [2.75, 3.05) is 6.54 Å². The molecule has 1 rings (SSSR count). The predicted octanol–water partition coefficient (Wildman–Crippen LogP) is 1.73. The van der Waals surface area contributed by atoms with Crippen molar-refractivity contribution in [1.29, 1.82) is 0 Å². The lowest BCUT2D eigenvalue weighted by Gasteiger charge is -1.98. The molecule has 0 fully saturated rings. The number of hydrogen-bond acceptors (Lipinski definition) is 2. The van der Waals surface area contributed by atoms with E-state index in [1.165, 1.54) is 5.57 Å². The third-order valence-corrected chi connectivity index (χ3v) is 1.65. The van der Waals surface area contributed by atoms with Crippen LogP contribution in [0.15, 0.2) is 34.5 Å². The van der Waals surface area contributed by atoms with Gasteiger partial charge in [-0.3, -0.25) is 0 Å². The maximum atomic E-state index is 5.49. The first-order valence-corrected chi connectivity index (χ1v) is 3.73. The molecule has 1 aromatic rings. The molecule has 1 aromatic heterocycles. The Bertz CT molecular complexity index is 224. The fraction of sp³-hybridized carbons (Fsp3) is 0.333. The molecule has 0 aliphatic heterocycles. The molecule has 2 heteroatoms. The molecule has 0 aromatic carbocycles. The van der Waals surface area contributed by atoms with E-state index in [1.807, 2.05) is 25.1 Å². The highest BCUT2D eigenvalue weighted by Gasteiger charge is 1.97. The van der Waals surface area contributed by atoms with Crippen LogP contribution in [0.5, 0.6) is 0 Å². The summed E-state index contributed by atoms with van der Waals surface area (Å²) in [5.41, 5.74) is 6.70. The average molecular weight is 151 g/mol. The van der Waals surface area contributed by atoms with E-state index < -0.39 is 0 Å². The smallest absolute Gasteiger partial charge is 0.107 e. The topological polar surface area (TPSA) is 39.2 Å². The van der Waals surface area contributed by atoms with Crippen LogP contribution in [0.3, 0.4) is 0 Å². The SMILES string of the molecule is C/C=C(\CN)Cc1ccco1. The molecule has 0 radical (unpaired) electrons. The van der Waals surface area contributed by atoms with Gasteiger partial charge in [0.25, 0.3) is 0 Å². The van der Waals surface area contributed by atoms with Crippen LogP contribution in [-0.4, -0.2) is 6.54 Å². The van der Waals surface area contributed by atoms with Crippen molar-refractivity contribution in [3.8, 4) is 0 Å². The van der Waals surface area contributed by atoms with Crippen LogP contribution in [0, 0.1) is 0 Å². The fourth-order valence-corrected chi connectivity index (χ4v) is 0.929. The van der Waals surface area contributed by atoms with Crippen molar-refractivity contribution in [3.05, 3.63) is 35.8 Å². The molecule has 60 valence electrons. The van der Waals surface area contributed by atoms with Crippen LogP contribution in [-0.2, 0) is 6.42 Å². The Morgan fingerprint density at radius 1 is 1.73 bits per heavy atom. The van der Waals surface area contributed by atoms with Crippen LogP contribution in [0.1, 0.15) is 12.7 Å². The van der Waals surface area contributed by atoms with E-state index in [-0.39, 0.29) is 0 Å². The Morgan fingerprint density at radius 2 is 2.55 bits per heavy atom. The van der Waals surface area contributed by atoms with Crippen molar-refractivity contribution in [2.45, 2.75) is 13.3 Å². The highest BCUT2D eigenvalue weighted by Crippen LogP contribution is 2.06. The van der Waals surface area contributed by atoms with Crippen molar-refractivity contribution in [2.24, 2.45) is 5.73 Å².